The van der Waals surface area contributed by atoms with Gasteiger partial charge < -0.3 is 10.0 Å². The Morgan fingerprint density at radius 1 is 1.13 bits per heavy atom. The lowest BCUT2D eigenvalue weighted by Gasteiger charge is -2.49. The van der Waals surface area contributed by atoms with Gasteiger partial charge in [0.2, 0.25) is 0 Å². The topological polar surface area (TPSA) is 57.6 Å². The smallest absolute Gasteiger partial charge is 0.165 e. The number of hydrogen-bond donors (Lipinski definition) is 1. The van der Waals surface area contributed by atoms with Crippen LogP contribution in [0.15, 0.2) is 52.8 Å². The van der Waals surface area contributed by atoms with E-state index in [0.29, 0.717) is 17.6 Å². The number of fused-ring (bicyclic) bond motifs is 5. The number of ketones is 2. The van der Waals surface area contributed by atoms with Crippen molar-refractivity contribution in [3.8, 4) is 0 Å². The summed E-state index contributed by atoms with van der Waals surface area (Å²) in [5, 5.41) is 10.6. The monoisotopic (exact) mass is 417 g/mol. The summed E-state index contributed by atoms with van der Waals surface area (Å²) in [6, 6.07) is 8.35. The molecule has 0 radical (unpaired) electrons. The predicted molar refractivity (Wildman–Crippen MR) is 123 cm³/mol. The molecule has 0 spiro atoms. The zero-order valence-electron chi connectivity index (χ0n) is 18.6. The first kappa shape index (κ1) is 20.3. The van der Waals surface area contributed by atoms with E-state index in [0.717, 1.165) is 60.1 Å². The Morgan fingerprint density at radius 3 is 2.58 bits per heavy atom. The number of aliphatic hydroxyl groups is 1. The van der Waals surface area contributed by atoms with Crippen LogP contribution in [0.4, 0.5) is 5.69 Å². The van der Waals surface area contributed by atoms with E-state index in [4.69, 9.17) is 0 Å². The molecule has 0 aliphatic heterocycles. The van der Waals surface area contributed by atoms with Crippen molar-refractivity contribution in [1.29, 1.82) is 0 Å². The van der Waals surface area contributed by atoms with Crippen molar-refractivity contribution in [1.82, 2.24) is 0 Å². The van der Waals surface area contributed by atoms with Crippen LogP contribution in [0.1, 0.15) is 51.0 Å². The quantitative estimate of drug-likeness (QED) is 0.667. The number of aliphatic hydroxyl groups excluding tert-OH is 1. The standard InChI is InChI=1S/C27H31NO3/c1-27-11-10-22-21(9-6-17-13-20(29)15-24(30)25(17)22)23(27)14-18(26(27)31)12-16-4-7-19(8-5-16)28(2)3/h4-5,7-8,12-13,21-23,30H,6,9-11,14-15H2,1-3H3. The molecule has 4 heteroatoms. The average Bonchev–Trinajstić information content (AvgIpc) is 2.98. The maximum absolute atomic E-state index is 13.5. The van der Waals surface area contributed by atoms with Gasteiger partial charge in [-0.15, -0.1) is 0 Å². The maximum atomic E-state index is 13.5. The van der Waals surface area contributed by atoms with Gasteiger partial charge in [0.05, 0.1) is 6.42 Å². The molecular formula is C27H31NO3. The second-order valence-electron chi connectivity index (χ2n) is 10.2. The lowest BCUT2D eigenvalue weighted by molar-refractivity contribution is -0.127. The van der Waals surface area contributed by atoms with E-state index in [-0.39, 0.29) is 29.3 Å². The molecule has 1 aromatic carbocycles. The van der Waals surface area contributed by atoms with Gasteiger partial charge in [0.15, 0.2) is 11.6 Å². The number of benzene rings is 1. The third-order valence-electron chi connectivity index (χ3n) is 8.28. The van der Waals surface area contributed by atoms with Gasteiger partial charge in [0.1, 0.15) is 5.76 Å². The summed E-state index contributed by atoms with van der Waals surface area (Å²) in [5.41, 5.74) is 4.94. The van der Waals surface area contributed by atoms with E-state index < -0.39 is 0 Å². The molecule has 0 saturated heterocycles. The zero-order chi connectivity index (χ0) is 21.9. The third-order valence-corrected chi connectivity index (χ3v) is 8.28. The van der Waals surface area contributed by atoms with Gasteiger partial charge in [-0.2, -0.15) is 0 Å². The predicted octanol–water partition coefficient (Wildman–Crippen LogP) is 5.26. The fourth-order valence-electron chi connectivity index (χ4n) is 6.67. The minimum atomic E-state index is -0.307. The van der Waals surface area contributed by atoms with E-state index in [1.807, 2.05) is 14.1 Å². The highest BCUT2D eigenvalue weighted by atomic mass is 16.3. The summed E-state index contributed by atoms with van der Waals surface area (Å²) < 4.78 is 0. The molecule has 4 atom stereocenters. The molecule has 31 heavy (non-hydrogen) atoms. The van der Waals surface area contributed by atoms with Crippen LogP contribution in [-0.4, -0.2) is 30.8 Å². The Morgan fingerprint density at radius 2 is 1.87 bits per heavy atom. The van der Waals surface area contributed by atoms with E-state index in [2.05, 4.69) is 42.2 Å². The number of rotatable bonds is 2. The van der Waals surface area contributed by atoms with Crippen LogP contribution in [0.2, 0.25) is 0 Å². The first-order chi connectivity index (χ1) is 14.8. The molecule has 4 aliphatic carbocycles. The van der Waals surface area contributed by atoms with Gasteiger partial charge in [0, 0.05) is 25.2 Å². The molecule has 3 fully saturated rings. The molecule has 0 bridgehead atoms. The molecule has 4 aliphatic rings. The highest BCUT2D eigenvalue weighted by Crippen LogP contribution is 2.61. The van der Waals surface area contributed by atoms with Crippen LogP contribution in [0.5, 0.6) is 0 Å². The van der Waals surface area contributed by atoms with Crippen LogP contribution in [-0.2, 0) is 9.59 Å². The van der Waals surface area contributed by atoms with Gasteiger partial charge in [-0.05, 0) is 96.4 Å². The minimum Gasteiger partial charge on any atom is -0.512 e. The fourth-order valence-corrected chi connectivity index (χ4v) is 6.67. The summed E-state index contributed by atoms with van der Waals surface area (Å²) in [7, 11) is 4.05. The van der Waals surface area contributed by atoms with Gasteiger partial charge in [-0.25, -0.2) is 0 Å². The Bertz CT molecular complexity index is 1040. The molecule has 0 heterocycles. The van der Waals surface area contributed by atoms with Crippen LogP contribution in [0, 0.1) is 23.2 Å². The van der Waals surface area contributed by atoms with Gasteiger partial charge in [-0.1, -0.05) is 19.1 Å². The van der Waals surface area contributed by atoms with Crippen LogP contribution < -0.4 is 4.90 Å². The number of nitrogens with zero attached hydrogens (tertiary/aromatic N) is 1. The van der Waals surface area contributed by atoms with Crippen LogP contribution in [0.25, 0.3) is 6.08 Å². The molecule has 4 nitrogen and oxygen atoms in total. The van der Waals surface area contributed by atoms with Crippen molar-refractivity contribution < 1.29 is 14.7 Å². The number of allylic oxidation sites excluding steroid dienone is 5. The Hall–Kier alpha value is -2.62. The number of hydrogen-bond acceptors (Lipinski definition) is 4. The number of carbonyl (C=O) groups excluding carboxylic acids is 2. The van der Waals surface area contributed by atoms with Gasteiger partial charge in [-0.3, -0.25) is 9.59 Å². The lowest BCUT2D eigenvalue weighted by atomic mass is 9.54. The zero-order valence-corrected chi connectivity index (χ0v) is 18.6. The highest BCUT2D eigenvalue weighted by Gasteiger charge is 2.57. The molecule has 0 aromatic heterocycles. The van der Waals surface area contributed by atoms with Gasteiger partial charge in [0.25, 0.3) is 0 Å². The van der Waals surface area contributed by atoms with Crippen molar-refractivity contribution in [2.75, 3.05) is 19.0 Å². The summed E-state index contributed by atoms with van der Waals surface area (Å²) >= 11 is 0. The summed E-state index contributed by atoms with van der Waals surface area (Å²) in [5.74, 6) is 1.58. The molecule has 0 amide bonds. The van der Waals surface area contributed by atoms with Crippen molar-refractivity contribution in [2.45, 2.75) is 45.4 Å². The number of carbonyl (C=O) groups is 2. The SMILES string of the molecule is CN(C)c1ccc(C=C2CC3C4CCC5=CC(=O)CC(O)=C5C4CCC3(C)C2=O)cc1. The number of anilines is 1. The second kappa shape index (κ2) is 7.22. The van der Waals surface area contributed by atoms with Crippen LogP contribution >= 0.6 is 0 Å². The van der Waals surface area contributed by atoms with E-state index >= 15 is 0 Å². The Kier molecular flexibility index (Phi) is 4.72. The molecular weight excluding hydrogens is 386 g/mol. The van der Waals surface area contributed by atoms with E-state index in [1.54, 1.807) is 6.08 Å². The summed E-state index contributed by atoms with van der Waals surface area (Å²) in [4.78, 5) is 27.5. The fraction of sp³-hybridized carbons (Fsp3) is 0.481. The first-order valence-corrected chi connectivity index (χ1v) is 11.5. The molecule has 1 aromatic rings. The normalized spacial score (nSPS) is 33.7. The minimum absolute atomic E-state index is 0.0110. The number of Topliss-reactive ketones (excluding diaryl/α,β-unsaturated/α-hetero) is 1. The average molecular weight is 418 g/mol. The first-order valence-electron chi connectivity index (χ1n) is 11.5. The Balaban J connectivity index is 1.45. The van der Waals surface area contributed by atoms with Gasteiger partial charge >= 0.3 is 0 Å². The molecule has 5 rings (SSSR count). The van der Waals surface area contributed by atoms with Crippen molar-refractivity contribution in [3.05, 3.63) is 58.4 Å². The maximum Gasteiger partial charge on any atom is 0.165 e. The van der Waals surface area contributed by atoms with E-state index in [1.165, 1.54) is 0 Å². The van der Waals surface area contributed by atoms with Crippen molar-refractivity contribution in [2.24, 2.45) is 23.2 Å². The highest BCUT2D eigenvalue weighted by molar-refractivity contribution is 6.06. The van der Waals surface area contributed by atoms with E-state index in [9.17, 15) is 14.7 Å². The van der Waals surface area contributed by atoms with Crippen molar-refractivity contribution >= 4 is 23.3 Å². The molecule has 1 N–H and O–H groups in total. The lowest BCUT2D eigenvalue weighted by Crippen LogP contribution is -2.44. The molecule has 4 unspecified atom stereocenters. The summed E-state index contributed by atoms with van der Waals surface area (Å²) in [6.07, 6.45) is 8.39. The molecule has 162 valence electrons. The Labute approximate surface area is 184 Å². The third kappa shape index (κ3) is 3.19. The summed E-state index contributed by atoms with van der Waals surface area (Å²) in [6.45, 7) is 2.16. The largest absolute Gasteiger partial charge is 0.512 e. The second-order valence-corrected chi connectivity index (χ2v) is 10.2. The van der Waals surface area contributed by atoms with Crippen LogP contribution in [0.3, 0.4) is 0 Å². The molecule has 3 saturated carbocycles. The van der Waals surface area contributed by atoms with Crippen molar-refractivity contribution in [3.63, 3.8) is 0 Å².